The zero-order valence-corrected chi connectivity index (χ0v) is 15.1. The van der Waals surface area contributed by atoms with Gasteiger partial charge in [0.05, 0.1) is 12.1 Å². The number of fused-ring (bicyclic) bond motifs is 1. The van der Waals surface area contributed by atoms with E-state index in [1.807, 2.05) is 36.4 Å². The van der Waals surface area contributed by atoms with Crippen LogP contribution in [0.4, 0.5) is 0 Å². The summed E-state index contributed by atoms with van der Waals surface area (Å²) in [5.41, 5.74) is 3.15. The van der Waals surface area contributed by atoms with E-state index in [1.54, 1.807) is 0 Å². The third-order valence-corrected chi connectivity index (χ3v) is 5.26. The molecule has 0 amide bonds. The highest BCUT2D eigenvalue weighted by Crippen LogP contribution is 2.28. The van der Waals surface area contributed by atoms with Gasteiger partial charge in [-0.05, 0) is 48.6 Å². The van der Waals surface area contributed by atoms with Gasteiger partial charge in [0.15, 0.2) is 0 Å². The maximum absolute atomic E-state index is 6.14. The summed E-state index contributed by atoms with van der Waals surface area (Å²) >= 11 is 5.96. The number of hydrogen-bond acceptors (Lipinski definition) is 2. The molecule has 3 aromatic rings. The van der Waals surface area contributed by atoms with Gasteiger partial charge in [0.2, 0.25) is 0 Å². The zero-order chi connectivity index (χ0) is 17.1. The molecule has 25 heavy (non-hydrogen) atoms. The van der Waals surface area contributed by atoms with Gasteiger partial charge in [-0.15, -0.1) is 0 Å². The number of hydrogen-bond donors (Lipinski definition) is 1. The SMILES string of the molecule is Clc1ccc(Cc2nc3c(OCC4CCCCC4)cccc3[nH]2)cc1. The third-order valence-electron chi connectivity index (χ3n) is 5.01. The molecule has 0 unspecified atom stereocenters. The standard InChI is InChI=1S/C21H23ClN2O/c22-17-11-9-15(10-12-17)13-20-23-18-7-4-8-19(21(18)24-20)25-14-16-5-2-1-3-6-16/h4,7-12,16H,1-3,5-6,13-14H2,(H,23,24). The first-order valence-electron chi connectivity index (χ1n) is 9.13. The second-order valence-electron chi connectivity index (χ2n) is 6.95. The van der Waals surface area contributed by atoms with Crippen LogP contribution in [0.25, 0.3) is 11.0 Å². The lowest BCUT2D eigenvalue weighted by Gasteiger charge is -2.21. The number of ether oxygens (including phenoxy) is 1. The summed E-state index contributed by atoms with van der Waals surface area (Å²) in [5, 5.41) is 0.756. The average molecular weight is 355 g/mol. The maximum Gasteiger partial charge on any atom is 0.147 e. The Kier molecular flexibility index (Phi) is 4.93. The maximum atomic E-state index is 6.14. The van der Waals surface area contributed by atoms with Crippen LogP contribution < -0.4 is 4.74 Å². The van der Waals surface area contributed by atoms with Gasteiger partial charge in [-0.3, -0.25) is 0 Å². The van der Waals surface area contributed by atoms with Crippen molar-refractivity contribution in [3.05, 3.63) is 58.9 Å². The molecule has 3 nitrogen and oxygen atoms in total. The molecule has 1 N–H and O–H groups in total. The molecule has 2 aromatic carbocycles. The minimum absolute atomic E-state index is 0.691. The number of H-pyrrole nitrogens is 1. The molecular formula is C21H23ClN2O. The number of aromatic amines is 1. The van der Waals surface area contributed by atoms with E-state index >= 15 is 0 Å². The number of nitrogens with zero attached hydrogens (tertiary/aromatic N) is 1. The van der Waals surface area contributed by atoms with Crippen LogP contribution >= 0.6 is 11.6 Å². The highest BCUT2D eigenvalue weighted by Gasteiger charge is 2.15. The number of nitrogens with one attached hydrogen (secondary N) is 1. The van der Waals surface area contributed by atoms with Crippen molar-refractivity contribution in [1.82, 2.24) is 9.97 Å². The normalized spacial score (nSPS) is 15.6. The molecule has 0 radical (unpaired) electrons. The van der Waals surface area contributed by atoms with Crippen molar-refractivity contribution in [3.63, 3.8) is 0 Å². The van der Waals surface area contributed by atoms with Gasteiger partial charge in [0, 0.05) is 11.4 Å². The number of halogens is 1. The van der Waals surface area contributed by atoms with Crippen molar-refractivity contribution < 1.29 is 4.74 Å². The van der Waals surface area contributed by atoms with Crippen LogP contribution in [0.15, 0.2) is 42.5 Å². The van der Waals surface area contributed by atoms with E-state index in [1.165, 1.54) is 37.7 Å². The van der Waals surface area contributed by atoms with Crippen molar-refractivity contribution >= 4 is 22.6 Å². The summed E-state index contributed by atoms with van der Waals surface area (Å²) < 4.78 is 6.14. The second kappa shape index (κ2) is 7.49. The zero-order valence-electron chi connectivity index (χ0n) is 14.3. The van der Waals surface area contributed by atoms with Crippen molar-refractivity contribution in [2.24, 2.45) is 5.92 Å². The second-order valence-corrected chi connectivity index (χ2v) is 7.39. The summed E-state index contributed by atoms with van der Waals surface area (Å²) in [6, 6.07) is 14.0. The number of imidazole rings is 1. The molecule has 0 bridgehead atoms. The topological polar surface area (TPSA) is 37.9 Å². The van der Waals surface area contributed by atoms with Crippen molar-refractivity contribution in [3.8, 4) is 5.75 Å². The van der Waals surface area contributed by atoms with Crippen molar-refractivity contribution in [1.29, 1.82) is 0 Å². The fraction of sp³-hybridized carbons (Fsp3) is 0.381. The van der Waals surface area contributed by atoms with Crippen LogP contribution in [-0.2, 0) is 6.42 Å². The number of benzene rings is 2. The first kappa shape index (κ1) is 16.5. The Balaban J connectivity index is 1.50. The predicted octanol–water partition coefficient (Wildman–Crippen LogP) is 5.77. The molecule has 1 aliphatic carbocycles. The van der Waals surface area contributed by atoms with Gasteiger partial charge >= 0.3 is 0 Å². The summed E-state index contributed by atoms with van der Waals surface area (Å²) in [6.45, 7) is 0.804. The lowest BCUT2D eigenvalue weighted by molar-refractivity contribution is 0.210. The van der Waals surface area contributed by atoms with E-state index in [-0.39, 0.29) is 0 Å². The molecule has 4 rings (SSSR count). The summed E-state index contributed by atoms with van der Waals surface area (Å²) in [5.74, 6) is 2.53. The highest BCUT2D eigenvalue weighted by atomic mass is 35.5. The Hall–Kier alpha value is -2.00. The molecule has 130 valence electrons. The minimum Gasteiger partial charge on any atom is -0.491 e. The largest absolute Gasteiger partial charge is 0.491 e. The van der Waals surface area contributed by atoms with E-state index in [0.717, 1.165) is 40.7 Å². The Morgan fingerprint density at radius 1 is 1.04 bits per heavy atom. The molecule has 4 heteroatoms. The lowest BCUT2D eigenvalue weighted by atomic mass is 9.90. The summed E-state index contributed by atoms with van der Waals surface area (Å²) in [6.07, 6.45) is 7.39. The minimum atomic E-state index is 0.691. The third kappa shape index (κ3) is 3.98. The smallest absolute Gasteiger partial charge is 0.147 e. The van der Waals surface area contributed by atoms with E-state index in [9.17, 15) is 0 Å². The van der Waals surface area contributed by atoms with Crippen LogP contribution in [-0.4, -0.2) is 16.6 Å². The van der Waals surface area contributed by atoms with Crippen LogP contribution in [0.5, 0.6) is 5.75 Å². The fourth-order valence-corrected chi connectivity index (χ4v) is 3.74. The highest BCUT2D eigenvalue weighted by molar-refractivity contribution is 6.30. The number of para-hydroxylation sites is 1. The van der Waals surface area contributed by atoms with Gasteiger partial charge in [-0.1, -0.05) is 49.1 Å². The van der Waals surface area contributed by atoms with Gasteiger partial charge in [-0.25, -0.2) is 4.98 Å². The Bertz CT molecular complexity index is 835. The predicted molar refractivity (Wildman–Crippen MR) is 102 cm³/mol. The molecule has 1 aromatic heterocycles. The Labute approximate surface area is 153 Å². The fourth-order valence-electron chi connectivity index (χ4n) is 3.61. The van der Waals surface area contributed by atoms with Gasteiger partial charge < -0.3 is 9.72 Å². The van der Waals surface area contributed by atoms with Crippen molar-refractivity contribution in [2.45, 2.75) is 38.5 Å². The van der Waals surface area contributed by atoms with Crippen LogP contribution in [0.1, 0.15) is 43.5 Å². The van der Waals surface area contributed by atoms with E-state index < -0.39 is 0 Å². The lowest BCUT2D eigenvalue weighted by Crippen LogP contribution is -2.15. The molecule has 1 aliphatic rings. The van der Waals surface area contributed by atoms with E-state index in [4.69, 9.17) is 21.3 Å². The molecule has 0 atom stereocenters. The van der Waals surface area contributed by atoms with Crippen molar-refractivity contribution in [2.75, 3.05) is 6.61 Å². The molecule has 0 saturated heterocycles. The number of rotatable bonds is 5. The van der Waals surface area contributed by atoms with Gasteiger partial charge in [0.1, 0.15) is 17.1 Å². The summed E-state index contributed by atoms with van der Waals surface area (Å²) in [4.78, 5) is 8.19. The van der Waals surface area contributed by atoms with Gasteiger partial charge in [0.25, 0.3) is 0 Å². The molecule has 1 saturated carbocycles. The average Bonchev–Trinajstić information content (AvgIpc) is 3.06. The Morgan fingerprint density at radius 3 is 2.64 bits per heavy atom. The quantitative estimate of drug-likeness (QED) is 0.631. The summed E-state index contributed by atoms with van der Waals surface area (Å²) in [7, 11) is 0. The number of aromatic nitrogens is 2. The van der Waals surface area contributed by atoms with Gasteiger partial charge in [-0.2, -0.15) is 0 Å². The molecule has 0 spiro atoms. The van der Waals surface area contributed by atoms with Crippen LogP contribution in [0, 0.1) is 5.92 Å². The monoisotopic (exact) mass is 354 g/mol. The molecular weight excluding hydrogens is 332 g/mol. The van der Waals surface area contributed by atoms with Crippen LogP contribution in [0.2, 0.25) is 5.02 Å². The molecule has 1 fully saturated rings. The van der Waals surface area contributed by atoms with E-state index in [2.05, 4.69) is 11.1 Å². The first-order chi connectivity index (χ1) is 12.3. The van der Waals surface area contributed by atoms with Crippen LogP contribution in [0.3, 0.4) is 0 Å². The Morgan fingerprint density at radius 2 is 1.84 bits per heavy atom. The van der Waals surface area contributed by atoms with E-state index in [0.29, 0.717) is 5.92 Å². The molecule has 1 heterocycles. The molecule has 0 aliphatic heterocycles. The first-order valence-corrected chi connectivity index (χ1v) is 9.50.